The third kappa shape index (κ3) is 5.01. The number of benzene rings is 1. The molecule has 0 aliphatic carbocycles. The lowest BCUT2D eigenvalue weighted by molar-refractivity contribution is -0.849. The highest BCUT2D eigenvalue weighted by Crippen LogP contribution is 2.52. The number of hydrogen-bond acceptors (Lipinski definition) is 9. The summed E-state index contributed by atoms with van der Waals surface area (Å²) in [6.07, 6.45) is -0.930. The van der Waals surface area contributed by atoms with Crippen LogP contribution in [0.15, 0.2) is 48.5 Å². The summed E-state index contributed by atoms with van der Waals surface area (Å²) < 4.78 is 12.1. The largest absolute Gasteiger partial charge is 0.600 e. The molecule has 0 spiro atoms. The minimum atomic E-state index is -2.57. The predicted molar refractivity (Wildman–Crippen MR) is 155 cm³/mol. The molecular weight excluding hydrogens is 539 g/mol. The van der Waals surface area contributed by atoms with E-state index in [2.05, 4.69) is 10.3 Å². The van der Waals surface area contributed by atoms with Gasteiger partial charge in [-0.1, -0.05) is 56.7 Å². The van der Waals surface area contributed by atoms with Gasteiger partial charge in [-0.2, -0.15) is 0 Å². The molecule has 2 aromatic rings. The quantitative estimate of drug-likeness (QED) is 0.405. The Morgan fingerprint density at radius 1 is 1.05 bits per heavy atom. The number of pyridine rings is 1. The number of quaternary nitrogens is 1. The van der Waals surface area contributed by atoms with Gasteiger partial charge in [-0.15, -0.1) is 0 Å². The van der Waals surface area contributed by atoms with E-state index in [1.165, 1.54) is 6.92 Å². The molecule has 2 N–H and O–H groups in total. The lowest BCUT2D eigenvalue weighted by atomic mass is 9.51. The highest BCUT2D eigenvalue weighted by molar-refractivity contribution is 6.68. The van der Waals surface area contributed by atoms with Crippen LogP contribution < -0.4 is 5.32 Å². The van der Waals surface area contributed by atoms with Crippen LogP contribution in [0.4, 0.5) is 0 Å². The van der Waals surface area contributed by atoms with Gasteiger partial charge in [0.15, 0.2) is 17.9 Å². The van der Waals surface area contributed by atoms with Crippen molar-refractivity contribution in [1.82, 2.24) is 15.2 Å². The molecule has 3 aliphatic heterocycles. The molecule has 12 heteroatoms. The third-order valence-corrected chi connectivity index (χ3v) is 9.20. The van der Waals surface area contributed by atoms with E-state index >= 15 is 0 Å². The molecule has 5 rings (SSSR count). The number of ketones is 1. The second-order valence-electron chi connectivity index (χ2n) is 12.6. The number of aliphatic hydroxyl groups is 1. The van der Waals surface area contributed by atoms with E-state index in [1.54, 1.807) is 18.2 Å². The van der Waals surface area contributed by atoms with Crippen LogP contribution in [-0.2, 0) is 23.7 Å². The van der Waals surface area contributed by atoms with Crippen molar-refractivity contribution in [1.29, 1.82) is 0 Å². The van der Waals surface area contributed by atoms with Gasteiger partial charge < -0.3 is 24.1 Å². The van der Waals surface area contributed by atoms with Crippen molar-refractivity contribution in [2.24, 2.45) is 5.92 Å². The molecule has 5 atom stereocenters. The molecule has 224 valence electrons. The van der Waals surface area contributed by atoms with Crippen molar-refractivity contribution in [3.8, 4) is 11.3 Å². The minimum absolute atomic E-state index is 0.00538. The summed E-state index contributed by atoms with van der Waals surface area (Å²) in [7, 11) is 3.68. The molecule has 1 aromatic heterocycles. The molecule has 1 aromatic carbocycles. The van der Waals surface area contributed by atoms with E-state index in [4.69, 9.17) is 9.31 Å². The maximum absolute atomic E-state index is 13.9. The van der Waals surface area contributed by atoms with E-state index in [0.717, 1.165) is 5.56 Å². The SMILES string of the molecule is CC(C)C[C@H](CC(=O)[C@@H](NC(=O)c1cccc(-c2ccccc2)n1)[C@@H](C)O)[B-]12OC(=O)[C@@H]3CN(C)C[C@@H](C(=O)O1)[N+]32C. The molecule has 1 amide bonds. The van der Waals surface area contributed by atoms with Crippen LogP contribution in [-0.4, -0.2) is 101 Å². The number of hydrogen-bond donors (Lipinski definition) is 2. The molecule has 11 nitrogen and oxygen atoms in total. The zero-order valence-corrected chi connectivity index (χ0v) is 24.7. The van der Waals surface area contributed by atoms with E-state index in [9.17, 15) is 24.3 Å². The summed E-state index contributed by atoms with van der Waals surface area (Å²) in [4.78, 5) is 59.9. The summed E-state index contributed by atoms with van der Waals surface area (Å²) in [5.74, 6) is -2.47. The number of carbonyl (C=O) groups is 4. The van der Waals surface area contributed by atoms with Gasteiger partial charge in [0.2, 0.25) is 0 Å². The topological polar surface area (TPSA) is 135 Å². The van der Waals surface area contributed by atoms with Gasteiger partial charge in [-0.3, -0.25) is 14.5 Å². The first-order valence-electron chi connectivity index (χ1n) is 14.6. The van der Waals surface area contributed by atoms with E-state index in [-0.39, 0.29) is 22.4 Å². The molecule has 0 radical (unpaired) electrons. The number of aromatic nitrogens is 1. The zero-order valence-electron chi connectivity index (χ0n) is 24.7. The summed E-state index contributed by atoms with van der Waals surface area (Å²) in [6, 6.07) is 12.0. The molecule has 0 unspecified atom stereocenters. The fourth-order valence-electron chi connectivity index (χ4n) is 7.14. The highest BCUT2D eigenvalue weighted by Gasteiger charge is 2.77. The molecule has 3 fully saturated rings. The van der Waals surface area contributed by atoms with Crippen molar-refractivity contribution in [3.63, 3.8) is 0 Å². The molecule has 4 heterocycles. The van der Waals surface area contributed by atoms with Crippen molar-refractivity contribution in [3.05, 3.63) is 54.2 Å². The molecule has 3 saturated heterocycles. The predicted octanol–water partition coefficient (Wildman–Crippen LogP) is 1.79. The standard InChI is InChI=1S/C30H39BN4O7/c1-18(2)14-21(31-35(5)24(29(39)41-31)16-34(4)17-25(35)30(40)42-31)15-26(37)27(19(3)36)33-28(38)23-13-9-12-22(32-23)20-10-7-6-8-11-20/h6-13,18-19,21,24-25,27,36H,14-17H2,1-5H3,(H,33,38)/t19-,21-,24+,25+,27+,31?,35?/m1/s1. The fourth-order valence-corrected chi connectivity index (χ4v) is 7.14. The Bertz CT molecular complexity index is 1360. The number of carbonyl (C=O) groups excluding carboxylic acids is 4. The average Bonchev–Trinajstić information content (AvgIpc) is 3.30. The van der Waals surface area contributed by atoms with Crippen LogP contribution in [0.2, 0.25) is 5.82 Å². The Morgan fingerprint density at radius 2 is 1.67 bits per heavy atom. The summed E-state index contributed by atoms with van der Waals surface area (Å²) in [5, 5.41) is 13.3. The van der Waals surface area contributed by atoms with E-state index in [0.29, 0.717) is 25.2 Å². The summed E-state index contributed by atoms with van der Waals surface area (Å²) in [5.41, 5.74) is 1.54. The van der Waals surface area contributed by atoms with Gasteiger partial charge in [0.25, 0.3) is 5.91 Å². The molecule has 0 bridgehead atoms. The number of amides is 1. The number of aliphatic hydroxyl groups excluding tert-OH is 1. The van der Waals surface area contributed by atoms with E-state index < -0.39 is 60.4 Å². The normalized spacial score (nSPS) is 28.9. The van der Waals surface area contributed by atoms with Crippen LogP contribution >= 0.6 is 0 Å². The second kappa shape index (κ2) is 11.2. The lowest BCUT2D eigenvalue weighted by Crippen LogP contribution is -2.74. The Kier molecular flexibility index (Phi) is 7.99. The van der Waals surface area contributed by atoms with Gasteiger partial charge in [-0.25, -0.2) is 14.6 Å². The molecule has 3 aliphatic rings. The van der Waals surface area contributed by atoms with Crippen LogP contribution in [0, 0.1) is 5.92 Å². The van der Waals surface area contributed by atoms with Crippen molar-refractivity contribution < 1.29 is 38.0 Å². The van der Waals surface area contributed by atoms with Gasteiger partial charge in [0.1, 0.15) is 11.7 Å². The number of rotatable bonds is 10. The third-order valence-electron chi connectivity index (χ3n) is 9.20. The second-order valence-corrected chi connectivity index (χ2v) is 12.6. The van der Waals surface area contributed by atoms with Crippen molar-refractivity contribution in [2.45, 2.75) is 63.7 Å². The average molecular weight is 578 g/mol. The number of likely N-dealkylation sites (N-methyl/N-ethyl adjacent to an activating group) is 2. The smallest absolute Gasteiger partial charge is 0.587 e. The fraction of sp³-hybridized carbons (Fsp3) is 0.500. The van der Waals surface area contributed by atoms with Gasteiger partial charge in [-0.05, 0) is 44.3 Å². The van der Waals surface area contributed by atoms with Crippen LogP contribution in [0.5, 0.6) is 0 Å². The zero-order chi connectivity index (χ0) is 30.4. The lowest BCUT2D eigenvalue weighted by Gasteiger charge is -2.53. The first kappa shape index (κ1) is 29.9. The van der Waals surface area contributed by atoms with Crippen molar-refractivity contribution >= 4 is 30.3 Å². The van der Waals surface area contributed by atoms with Gasteiger partial charge in [0.05, 0.1) is 24.9 Å². The Balaban J connectivity index is 1.41. The summed E-state index contributed by atoms with van der Waals surface area (Å²) >= 11 is 0. The minimum Gasteiger partial charge on any atom is -0.600 e. The molecule has 42 heavy (non-hydrogen) atoms. The summed E-state index contributed by atoms with van der Waals surface area (Å²) in [6.45, 7) is 3.65. The van der Waals surface area contributed by atoms with Crippen LogP contribution in [0.25, 0.3) is 11.3 Å². The maximum Gasteiger partial charge on any atom is 0.587 e. The monoisotopic (exact) mass is 578 g/mol. The Hall–Kier alpha value is -3.61. The first-order valence-corrected chi connectivity index (χ1v) is 14.6. The van der Waals surface area contributed by atoms with Crippen LogP contribution in [0.3, 0.4) is 0 Å². The Labute approximate surface area is 245 Å². The van der Waals surface area contributed by atoms with E-state index in [1.807, 2.05) is 63.2 Å². The number of nitrogens with zero attached hydrogens (tertiary/aromatic N) is 3. The van der Waals surface area contributed by atoms with Gasteiger partial charge >= 0.3 is 18.6 Å². The van der Waals surface area contributed by atoms with Crippen LogP contribution in [0.1, 0.15) is 44.1 Å². The molecular formula is C30H39BN4O7. The number of nitrogens with one attached hydrogen (secondary N) is 1. The Morgan fingerprint density at radius 3 is 2.24 bits per heavy atom. The number of Topliss-reactive ketones (excluding diaryl/α,β-unsaturated/α-hetero) is 1. The van der Waals surface area contributed by atoms with Crippen molar-refractivity contribution in [2.75, 3.05) is 27.2 Å². The van der Waals surface area contributed by atoms with Gasteiger partial charge in [0, 0.05) is 12.6 Å². The first-order chi connectivity index (χ1) is 19.9. The molecule has 0 saturated carbocycles. The number of piperazine rings is 1. The highest BCUT2D eigenvalue weighted by atomic mass is 16.7. The maximum atomic E-state index is 13.9.